The molecule has 230 valence electrons. The third-order valence-electron chi connectivity index (χ3n) is 9.79. The van der Waals surface area contributed by atoms with Gasteiger partial charge in [0.05, 0.1) is 11.6 Å². The highest BCUT2D eigenvalue weighted by molar-refractivity contribution is 6.36. The standard InChI is InChI=1S/C32H33ClF2N6O3/c1-2-19-14-41-20(12-36-19)15-43-30-25-28(26(35)27(37-30)22-10-21(42)9-17-5-3-6-23(33)24(17)22)38-31(39-29(25)41)44-16-32-7-4-8-40(32)13-18(34)11-32/h3,5-6,9-10,18-20,36,42H,2,4,7-8,11-16H2,1H3/t18-,19-,20+,32+/m1/s1. The van der Waals surface area contributed by atoms with Crippen molar-refractivity contribution in [3.63, 3.8) is 0 Å². The Kier molecular flexibility index (Phi) is 6.69. The maximum absolute atomic E-state index is 16.9. The molecule has 4 aliphatic rings. The predicted octanol–water partition coefficient (Wildman–Crippen LogP) is 5.25. The number of alkyl halides is 1. The molecule has 3 saturated heterocycles. The average molecular weight is 623 g/mol. The van der Waals surface area contributed by atoms with Gasteiger partial charge in [0.15, 0.2) is 5.82 Å². The molecule has 8 rings (SSSR count). The third-order valence-corrected chi connectivity index (χ3v) is 10.1. The Bertz CT molecular complexity index is 1800. The molecule has 0 spiro atoms. The zero-order chi connectivity index (χ0) is 30.2. The number of fused-ring (bicyclic) bond motifs is 4. The number of nitrogens with one attached hydrogen (secondary N) is 1. The van der Waals surface area contributed by atoms with Crippen LogP contribution in [-0.2, 0) is 0 Å². The molecule has 2 aromatic heterocycles. The number of benzene rings is 2. The lowest BCUT2D eigenvalue weighted by atomic mass is 9.95. The van der Waals surface area contributed by atoms with Gasteiger partial charge in [0.2, 0.25) is 5.88 Å². The summed E-state index contributed by atoms with van der Waals surface area (Å²) in [6.07, 6.45) is 2.22. The summed E-state index contributed by atoms with van der Waals surface area (Å²) in [7, 11) is 0. The van der Waals surface area contributed by atoms with Gasteiger partial charge in [-0.3, -0.25) is 4.90 Å². The van der Waals surface area contributed by atoms with Gasteiger partial charge in [0.25, 0.3) is 0 Å². The number of hydrogen-bond donors (Lipinski definition) is 2. The van der Waals surface area contributed by atoms with E-state index in [2.05, 4.69) is 27.0 Å². The van der Waals surface area contributed by atoms with E-state index in [4.69, 9.17) is 31.0 Å². The molecule has 4 aromatic rings. The first kappa shape index (κ1) is 28.0. The topological polar surface area (TPSA) is 95.9 Å². The van der Waals surface area contributed by atoms with Crippen molar-refractivity contribution in [2.45, 2.75) is 56.4 Å². The molecule has 4 aliphatic heterocycles. The van der Waals surface area contributed by atoms with Crippen molar-refractivity contribution in [1.29, 1.82) is 0 Å². The number of aromatic nitrogens is 3. The van der Waals surface area contributed by atoms with Gasteiger partial charge in [-0.05, 0) is 49.4 Å². The summed E-state index contributed by atoms with van der Waals surface area (Å²) in [5, 5.41) is 16.1. The average Bonchev–Trinajstić information content (AvgIpc) is 3.49. The summed E-state index contributed by atoms with van der Waals surface area (Å²) in [5.41, 5.74) is -0.124. The van der Waals surface area contributed by atoms with Gasteiger partial charge in [0.1, 0.15) is 47.5 Å². The van der Waals surface area contributed by atoms with Gasteiger partial charge in [-0.1, -0.05) is 30.7 Å². The van der Waals surface area contributed by atoms with Crippen LogP contribution in [0.15, 0.2) is 30.3 Å². The maximum Gasteiger partial charge on any atom is 0.319 e. The fourth-order valence-corrected chi connectivity index (χ4v) is 7.86. The summed E-state index contributed by atoms with van der Waals surface area (Å²) in [6.45, 7) is 5.18. The number of hydrogen-bond acceptors (Lipinski definition) is 9. The van der Waals surface area contributed by atoms with Crippen molar-refractivity contribution in [1.82, 2.24) is 25.2 Å². The smallest absolute Gasteiger partial charge is 0.319 e. The van der Waals surface area contributed by atoms with Crippen molar-refractivity contribution in [2.75, 3.05) is 44.3 Å². The number of ether oxygens (including phenoxy) is 2. The van der Waals surface area contributed by atoms with E-state index in [1.807, 2.05) is 0 Å². The van der Waals surface area contributed by atoms with E-state index in [1.54, 1.807) is 24.3 Å². The monoisotopic (exact) mass is 622 g/mol. The van der Waals surface area contributed by atoms with Crippen LogP contribution >= 0.6 is 11.6 Å². The highest BCUT2D eigenvalue weighted by Crippen LogP contribution is 2.45. The van der Waals surface area contributed by atoms with Gasteiger partial charge >= 0.3 is 6.01 Å². The van der Waals surface area contributed by atoms with Gasteiger partial charge in [-0.2, -0.15) is 9.97 Å². The molecule has 4 atom stereocenters. The number of aromatic hydroxyl groups is 1. The molecule has 0 radical (unpaired) electrons. The van der Waals surface area contributed by atoms with Crippen molar-refractivity contribution in [2.24, 2.45) is 0 Å². The molecule has 0 bridgehead atoms. The van der Waals surface area contributed by atoms with Gasteiger partial charge in [-0.15, -0.1) is 0 Å². The molecular formula is C32H33ClF2N6O3. The van der Waals surface area contributed by atoms with Crippen molar-refractivity contribution in [3.8, 4) is 28.9 Å². The zero-order valence-electron chi connectivity index (χ0n) is 24.3. The normalized spacial score (nSPS) is 26.5. The molecule has 12 heteroatoms. The molecule has 3 fully saturated rings. The minimum atomic E-state index is -0.900. The second kappa shape index (κ2) is 10.5. The van der Waals surface area contributed by atoms with Crippen LogP contribution in [0.2, 0.25) is 5.02 Å². The molecule has 0 amide bonds. The quantitative estimate of drug-likeness (QED) is 0.310. The van der Waals surface area contributed by atoms with E-state index in [0.717, 1.165) is 25.8 Å². The fraction of sp³-hybridized carbons (Fsp3) is 0.469. The van der Waals surface area contributed by atoms with Crippen LogP contribution in [0.3, 0.4) is 0 Å². The molecule has 0 unspecified atom stereocenters. The molecule has 0 saturated carbocycles. The first-order valence-corrected chi connectivity index (χ1v) is 15.7. The van der Waals surface area contributed by atoms with Gasteiger partial charge in [-0.25, -0.2) is 13.8 Å². The number of phenols is 1. The van der Waals surface area contributed by atoms with E-state index >= 15 is 4.39 Å². The number of rotatable bonds is 5. The Morgan fingerprint density at radius 1 is 1.20 bits per heavy atom. The number of nitrogens with zero attached hydrogens (tertiary/aromatic N) is 5. The van der Waals surface area contributed by atoms with Gasteiger partial charge < -0.3 is 24.8 Å². The molecular weight excluding hydrogens is 590 g/mol. The van der Waals surface area contributed by atoms with Crippen molar-refractivity contribution < 1.29 is 23.4 Å². The lowest BCUT2D eigenvalue weighted by Crippen LogP contribution is -2.58. The van der Waals surface area contributed by atoms with Crippen LogP contribution in [-0.4, -0.2) is 88.1 Å². The minimum absolute atomic E-state index is 0.0105. The molecule has 2 N–H and O–H groups in total. The molecule has 0 aliphatic carbocycles. The van der Waals surface area contributed by atoms with Crippen molar-refractivity contribution >= 4 is 39.1 Å². The Morgan fingerprint density at radius 2 is 2.09 bits per heavy atom. The summed E-state index contributed by atoms with van der Waals surface area (Å²) >= 11 is 6.61. The highest BCUT2D eigenvalue weighted by Gasteiger charge is 2.49. The summed E-state index contributed by atoms with van der Waals surface area (Å²) < 4.78 is 43.9. The highest BCUT2D eigenvalue weighted by atomic mass is 35.5. The van der Waals surface area contributed by atoms with E-state index in [-0.39, 0.29) is 47.5 Å². The Morgan fingerprint density at radius 3 is 2.95 bits per heavy atom. The number of phenolic OH excluding ortho intramolecular Hbond substituents is 1. The fourth-order valence-electron chi connectivity index (χ4n) is 7.58. The largest absolute Gasteiger partial charge is 0.508 e. The maximum atomic E-state index is 16.9. The second-order valence-corrected chi connectivity index (χ2v) is 12.9. The third kappa shape index (κ3) is 4.42. The Labute approximate surface area is 258 Å². The SMILES string of the molecule is CC[C@@H]1CN2c3nc(OC[C@@]45CCCN4C[C@H](F)C5)nc4c(F)c(-c5cc(O)cc6cccc(Cl)c56)nc(c34)OC[C@@H]2CN1. The zero-order valence-corrected chi connectivity index (χ0v) is 25.1. The lowest BCUT2D eigenvalue weighted by molar-refractivity contribution is 0.107. The number of piperazine rings is 1. The first-order valence-electron chi connectivity index (χ1n) is 15.3. The van der Waals surface area contributed by atoms with Gasteiger partial charge in [0, 0.05) is 48.1 Å². The van der Waals surface area contributed by atoms with E-state index < -0.39 is 17.5 Å². The Balaban J connectivity index is 1.31. The van der Waals surface area contributed by atoms with E-state index in [9.17, 15) is 9.50 Å². The number of anilines is 1. The van der Waals surface area contributed by atoms with Crippen LogP contribution < -0.4 is 19.7 Å². The van der Waals surface area contributed by atoms with E-state index in [0.29, 0.717) is 65.2 Å². The van der Waals surface area contributed by atoms with Crippen molar-refractivity contribution in [3.05, 3.63) is 41.2 Å². The summed E-state index contributed by atoms with van der Waals surface area (Å²) in [5.74, 6) is -0.0267. The molecule has 44 heavy (non-hydrogen) atoms. The van der Waals surface area contributed by atoms with Crippen LogP contribution in [0, 0.1) is 5.82 Å². The number of pyridine rings is 1. The minimum Gasteiger partial charge on any atom is -0.508 e. The van der Waals surface area contributed by atoms with Crippen LogP contribution in [0.1, 0.15) is 32.6 Å². The van der Waals surface area contributed by atoms with Crippen LogP contribution in [0.4, 0.5) is 14.6 Å². The predicted molar refractivity (Wildman–Crippen MR) is 164 cm³/mol. The van der Waals surface area contributed by atoms with Crippen LogP contribution in [0.25, 0.3) is 32.9 Å². The lowest BCUT2D eigenvalue weighted by Gasteiger charge is -2.39. The summed E-state index contributed by atoms with van der Waals surface area (Å²) in [4.78, 5) is 18.5. The molecule has 2 aromatic carbocycles. The summed E-state index contributed by atoms with van der Waals surface area (Å²) in [6, 6.07) is 8.48. The molecule has 6 heterocycles. The van der Waals surface area contributed by atoms with E-state index in [1.165, 1.54) is 6.07 Å². The Hall–Kier alpha value is -3.54. The molecule has 9 nitrogen and oxygen atoms in total. The number of halogens is 3. The second-order valence-electron chi connectivity index (χ2n) is 12.5. The first-order chi connectivity index (χ1) is 21.3. The van der Waals surface area contributed by atoms with Crippen LogP contribution in [0.5, 0.6) is 17.6 Å².